The second kappa shape index (κ2) is 8.09. The number of aromatic nitrogens is 1. The third-order valence-corrected chi connectivity index (χ3v) is 4.23. The average molecular weight is 311 g/mol. The Hall–Kier alpha value is -1.91. The van der Waals surface area contributed by atoms with Crippen molar-refractivity contribution >= 4 is 0 Å². The molecule has 2 aromatic rings. The molecule has 1 fully saturated rings. The van der Waals surface area contributed by atoms with Crippen LogP contribution in [0.5, 0.6) is 5.75 Å². The molecule has 3 rings (SSSR count). The van der Waals surface area contributed by atoms with E-state index in [0.29, 0.717) is 6.61 Å². The molecule has 23 heavy (non-hydrogen) atoms. The predicted octanol–water partition coefficient (Wildman–Crippen LogP) is 2.80. The molecule has 2 heterocycles. The summed E-state index contributed by atoms with van der Waals surface area (Å²) in [6, 6.07) is 14.3. The van der Waals surface area contributed by atoms with Gasteiger partial charge in [-0.15, -0.1) is 0 Å². The number of ether oxygens (including phenoxy) is 1. The summed E-state index contributed by atoms with van der Waals surface area (Å²) in [6.07, 6.45) is 3.04. The molecule has 1 aromatic heterocycles. The molecule has 0 atom stereocenters. The molecular formula is C19H25N3O. The van der Waals surface area contributed by atoms with Crippen molar-refractivity contribution in [2.75, 3.05) is 33.2 Å². The van der Waals surface area contributed by atoms with Crippen molar-refractivity contribution in [3.8, 4) is 5.75 Å². The summed E-state index contributed by atoms with van der Waals surface area (Å²) >= 11 is 0. The van der Waals surface area contributed by atoms with Gasteiger partial charge in [-0.25, -0.2) is 0 Å². The van der Waals surface area contributed by atoms with Crippen LogP contribution < -0.4 is 4.74 Å². The third-order valence-electron chi connectivity index (χ3n) is 4.23. The zero-order chi connectivity index (χ0) is 15.9. The standard InChI is InChI=1S/C19H25N3O/c1-21-10-5-11-22(13-12-21)15-17-6-4-8-19(14-17)23-16-18-7-2-3-9-20-18/h2-4,6-9,14H,5,10-13,15-16H2,1H3. The first-order valence-electron chi connectivity index (χ1n) is 8.32. The topological polar surface area (TPSA) is 28.6 Å². The fourth-order valence-electron chi connectivity index (χ4n) is 2.89. The molecule has 1 saturated heterocycles. The molecule has 0 amide bonds. The van der Waals surface area contributed by atoms with Gasteiger partial charge in [-0.3, -0.25) is 9.88 Å². The summed E-state index contributed by atoms with van der Waals surface area (Å²) < 4.78 is 5.87. The zero-order valence-electron chi connectivity index (χ0n) is 13.8. The first-order valence-corrected chi connectivity index (χ1v) is 8.32. The Morgan fingerprint density at radius 2 is 2.00 bits per heavy atom. The summed E-state index contributed by atoms with van der Waals surface area (Å²) in [5, 5.41) is 0. The second-order valence-electron chi connectivity index (χ2n) is 6.19. The fourth-order valence-corrected chi connectivity index (χ4v) is 2.89. The normalized spacial score (nSPS) is 16.9. The molecule has 122 valence electrons. The van der Waals surface area contributed by atoms with Crippen molar-refractivity contribution in [3.05, 3.63) is 59.9 Å². The van der Waals surface area contributed by atoms with Gasteiger partial charge in [0.15, 0.2) is 0 Å². The van der Waals surface area contributed by atoms with Gasteiger partial charge in [0.25, 0.3) is 0 Å². The van der Waals surface area contributed by atoms with Crippen LogP contribution in [0, 0.1) is 0 Å². The Labute approximate surface area is 138 Å². The Morgan fingerprint density at radius 3 is 2.87 bits per heavy atom. The van der Waals surface area contributed by atoms with Crippen molar-refractivity contribution in [2.24, 2.45) is 0 Å². The smallest absolute Gasteiger partial charge is 0.130 e. The van der Waals surface area contributed by atoms with Crippen LogP contribution in [0.25, 0.3) is 0 Å². The van der Waals surface area contributed by atoms with Gasteiger partial charge < -0.3 is 9.64 Å². The van der Waals surface area contributed by atoms with Crippen LogP contribution >= 0.6 is 0 Å². The van der Waals surface area contributed by atoms with Crippen LogP contribution in [0.15, 0.2) is 48.7 Å². The van der Waals surface area contributed by atoms with E-state index in [1.165, 1.54) is 25.1 Å². The summed E-state index contributed by atoms with van der Waals surface area (Å²) in [6.45, 7) is 6.16. The van der Waals surface area contributed by atoms with Crippen molar-refractivity contribution in [3.63, 3.8) is 0 Å². The molecule has 0 radical (unpaired) electrons. The molecular weight excluding hydrogens is 286 g/mol. The van der Waals surface area contributed by atoms with E-state index in [0.717, 1.165) is 31.1 Å². The second-order valence-corrected chi connectivity index (χ2v) is 6.19. The number of rotatable bonds is 5. The summed E-state index contributed by atoms with van der Waals surface area (Å²) in [5.41, 5.74) is 2.27. The SMILES string of the molecule is CN1CCCN(Cc2cccc(OCc3ccccn3)c2)CC1. The van der Waals surface area contributed by atoms with Crippen LogP contribution in [0.1, 0.15) is 17.7 Å². The minimum absolute atomic E-state index is 0.513. The van der Waals surface area contributed by atoms with Crippen molar-refractivity contribution in [2.45, 2.75) is 19.6 Å². The van der Waals surface area contributed by atoms with Crippen molar-refractivity contribution in [1.29, 1.82) is 0 Å². The van der Waals surface area contributed by atoms with E-state index in [1.807, 2.05) is 24.3 Å². The maximum absolute atomic E-state index is 5.87. The lowest BCUT2D eigenvalue weighted by atomic mass is 10.2. The lowest BCUT2D eigenvalue weighted by Gasteiger charge is -2.20. The number of nitrogens with zero attached hydrogens (tertiary/aromatic N) is 3. The highest BCUT2D eigenvalue weighted by molar-refractivity contribution is 5.28. The molecule has 0 unspecified atom stereocenters. The molecule has 1 aliphatic rings. The van der Waals surface area contributed by atoms with Gasteiger partial charge in [-0.1, -0.05) is 18.2 Å². The quantitative estimate of drug-likeness (QED) is 0.849. The molecule has 1 aliphatic heterocycles. The highest BCUT2D eigenvalue weighted by Gasteiger charge is 2.12. The van der Waals surface area contributed by atoms with Crippen LogP contribution in [-0.4, -0.2) is 48.0 Å². The van der Waals surface area contributed by atoms with E-state index in [2.05, 4.69) is 40.0 Å². The minimum atomic E-state index is 0.513. The van der Waals surface area contributed by atoms with Crippen LogP contribution in [-0.2, 0) is 13.2 Å². The molecule has 1 aromatic carbocycles. The highest BCUT2D eigenvalue weighted by Crippen LogP contribution is 2.17. The van der Waals surface area contributed by atoms with Crippen molar-refractivity contribution < 1.29 is 4.74 Å². The Balaban J connectivity index is 1.56. The van der Waals surface area contributed by atoms with Gasteiger partial charge in [0.2, 0.25) is 0 Å². The Kier molecular flexibility index (Phi) is 5.61. The van der Waals surface area contributed by atoms with Crippen LogP contribution in [0.2, 0.25) is 0 Å². The predicted molar refractivity (Wildman–Crippen MR) is 92.4 cm³/mol. The zero-order valence-corrected chi connectivity index (χ0v) is 13.8. The number of likely N-dealkylation sites (N-methyl/N-ethyl adjacent to an activating group) is 1. The molecule has 0 N–H and O–H groups in total. The lowest BCUT2D eigenvalue weighted by molar-refractivity contribution is 0.267. The maximum atomic E-state index is 5.87. The lowest BCUT2D eigenvalue weighted by Crippen LogP contribution is -2.28. The van der Waals surface area contributed by atoms with Gasteiger partial charge >= 0.3 is 0 Å². The first kappa shape index (κ1) is 16.0. The summed E-state index contributed by atoms with van der Waals surface area (Å²) in [4.78, 5) is 9.23. The highest BCUT2D eigenvalue weighted by atomic mass is 16.5. The van der Waals surface area contributed by atoms with Crippen LogP contribution in [0.4, 0.5) is 0 Å². The van der Waals surface area contributed by atoms with Gasteiger partial charge in [0.05, 0.1) is 5.69 Å². The molecule has 0 aliphatic carbocycles. The minimum Gasteiger partial charge on any atom is -0.487 e. The van der Waals surface area contributed by atoms with E-state index in [4.69, 9.17) is 4.74 Å². The largest absolute Gasteiger partial charge is 0.487 e. The van der Waals surface area contributed by atoms with Gasteiger partial charge in [-0.05, 0) is 56.4 Å². The van der Waals surface area contributed by atoms with E-state index < -0.39 is 0 Å². The summed E-state index contributed by atoms with van der Waals surface area (Å²) in [5.74, 6) is 0.917. The summed E-state index contributed by atoms with van der Waals surface area (Å²) in [7, 11) is 2.20. The van der Waals surface area contributed by atoms with Gasteiger partial charge in [0.1, 0.15) is 12.4 Å². The molecule has 0 spiro atoms. The number of pyridine rings is 1. The van der Waals surface area contributed by atoms with Crippen LogP contribution in [0.3, 0.4) is 0 Å². The van der Waals surface area contributed by atoms with E-state index in [-0.39, 0.29) is 0 Å². The fraction of sp³-hybridized carbons (Fsp3) is 0.421. The van der Waals surface area contributed by atoms with E-state index in [9.17, 15) is 0 Å². The molecule has 4 nitrogen and oxygen atoms in total. The monoisotopic (exact) mass is 311 g/mol. The number of hydrogen-bond acceptors (Lipinski definition) is 4. The van der Waals surface area contributed by atoms with Crippen molar-refractivity contribution in [1.82, 2.24) is 14.8 Å². The van der Waals surface area contributed by atoms with E-state index in [1.54, 1.807) is 6.20 Å². The van der Waals surface area contributed by atoms with Gasteiger partial charge in [0, 0.05) is 25.8 Å². The molecule has 4 heteroatoms. The van der Waals surface area contributed by atoms with Gasteiger partial charge in [-0.2, -0.15) is 0 Å². The average Bonchev–Trinajstić information content (AvgIpc) is 2.79. The first-order chi connectivity index (χ1) is 11.3. The maximum Gasteiger partial charge on any atom is 0.130 e. The number of hydrogen-bond donors (Lipinski definition) is 0. The third kappa shape index (κ3) is 5.05. The Bertz CT molecular complexity index is 603. The molecule has 0 saturated carbocycles. The Morgan fingerprint density at radius 1 is 1.04 bits per heavy atom. The number of benzene rings is 1. The van der Waals surface area contributed by atoms with E-state index >= 15 is 0 Å². The molecule has 0 bridgehead atoms.